The van der Waals surface area contributed by atoms with E-state index >= 15 is 0 Å². The van der Waals surface area contributed by atoms with E-state index in [9.17, 15) is 15.0 Å². The topological polar surface area (TPSA) is 82.5 Å². The molecular formula is C17H22N2O5. The molecule has 2 aliphatic carbocycles. The largest absolute Gasteiger partial charge is 0.366 e. The van der Waals surface area contributed by atoms with Gasteiger partial charge in [-0.25, -0.2) is 0 Å². The van der Waals surface area contributed by atoms with Crippen LogP contribution in [0.3, 0.4) is 0 Å². The highest BCUT2D eigenvalue weighted by atomic mass is 16.7. The van der Waals surface area contributed by atoms with E-state index in [1.165, 1.54) is 24.3 Å². The number of rotatable bonds is 2. The van der Waals surface area contributed by atoms with E-state index in [1.807, 2.05) is 0 Å². The molecule has 1 aromatic rings. The van der Waals surface area contributed by atoms with Gasteiger partial charge in [0.15, 0.2) is 0 Å². The molecule has 0 amide bonds. The molecule has 24 heavy (non-hydrogen) atoms. The fourth-order valence-corrected chi connectivity index (χ4v) is 4.70. The number of hydrogen-bond acceptors (Lipinski definition) is 7. The van der Waals surface area contributed by atoms with Crippen molar-refractivity contribution in [2.75, 3.05) is 14.2 Å². The molecule has 0 radical (unpaired) electrons. The highest BCUT2D eigenvalue weighted by Gasteiger charge is 2.75. The van der Waals surface area contributed by atoms with Gasteiger partial charge in [-0.05, 0) is 12.8 Å². The van der Waals surface area contributed by atoms with E-state index in [2.05, 4.69) is 0 Å². The van der Waals surface area contributed by atoms with Crippen molar-refractivity contribution in [2.24, 2.45) is 0 Å². The molecule has 1 saturated carbocycles. The lowest BCUT2D eigenvalue weighted by Crippen LogP contribution is -2.79. The van der Waals surface area contributed by atoms with Gasteiger partial charge >= 0.3 is 0 Å². The molecule has 130 valence electrons. The van der Waals surface area contributed by atoms with Crippen LogP contribution in [0.5, 0.6) is 0 Å². The molecule has 0 unspecified atom stereocenters. The van der Waals surface area contributed by atoms with Crippen molar-refractivity contribution in [1.29, 1.82) is 0 Å². The molecule has 3 aliphatic rings. The smallest absolute Gasteiger partial charge is 0.255 e. The van der Waals surface area contributed by atoms with Crippen LogP contribution >= 0.6 is 0 Å². The zero-order chi connectivity index (χ0) is 17.1. The van der Waals surface area contributed by atoms with Crippen molar-refractivity contribution in [2.45, 2.75) is 49.2 Å². The van der Waals surface area contributed by atoms with Gasteiger partial charge in [-0.15, -0.1) is 10.1 Å². The molecule has 1 aromatic carbocycles. The Kier molecular flexibility index (Phi) is 3.58. The van der Waals surface area contributed by atoms with Gasteiger partial charge in [0, 0.05) is 11.1 Å². The maximum absolute atomic E-state index is 13.0. The van der Waals surface area contributed by atoms with Crippen molar-refractivity contribution in [1.82, 2.24) is 10.1 Å². The van der Waals surface area contributed by atoms with Crippen LogP contribution in [0.25, 0.3) is 0 Å². The number of benzene rings is 1. The van der Waals surface area contributed by atoms with Gasteiger partial charge in [0.1, 0.15) is 0 Å². The Balaban J connectivity index is 1.97. The van der Waals surface area contributed by atoms with Gasteiger partial charge in [-0.2, -0.15) is 0 Å². The van der Waals surface area contributed by atoms with Gasteiger partial charge in [-0.3, -0.25) is 14.5 Å². The molecule has 2 fully saturated rings. The molecule has 0 aromatic heterocycles. The fourth-order valence-electron chi connectivity index (χ4n) is 4.70. The minimum Gasteiger partial charge on any atom is -0.366 e. The summed E-state index contributed by atoms with van der Waals surface area (Å²) in [6.45, 7) is 0. The first-order chi connectivity index (χ1) is 11.5. The van der Waals surface area contributed by atoms with Crippen LogP contribution in [0.1, 0.15) is 41.6 Å². The van der Waals surface area contributed by atoms with E-state index in [4.69, 9.17) is 9.68 Å². The van der Waals surface area contributed by atoms with Crippen molar-refractivity contribution in [3.8, 4) is 0 Å². The van der Waals surface area contributed by atoms with Crippen molar-refractivity contribution >= 4 is 5.78 Å². The zero-order valence-electron chi connectivity index (χ0n) is 13.8. The standard InChI is InChI=1S/C17H22N2O5/c1-23-18-13-9-5-6-10-14(13)19(24-2)17(22)15(20)11-7-3-4-8-12(11)16(17,18)21/h3-4,7-8,13-14,21-22H,5-6,9-10H2,1-2H3/t13-,14+,16-,17-/m0/s1. The number of ketones is 1. The van der Waals surface area contributed by atoms with Crippen LogP contribution in [-0.2, 0) is 15.4 Å². The number of fused-ring (bicyclic) bond motifs is 4. The second-order valence-electron chi connectivity index (χ2n) is 6.66. The molecule has 7 nitrogen and oxygen atoms in total. The fraction of sp³-hybridized carbons (Fsp3) is 0.588. The number of hydrogen-bond donors (Lipinski definition) is 2. The number of Topliss-reactive ketones (excluding diaryl/α,β-unsaturated/α-hetero) is 1. The predicted molar refractivity (Wildman–Crippen MR) is 83.4 cm³/mol. The summed E-state index contributed by atoms with van der Waals surface area (Å²) >= 11 is 0. The monoisotopic (exact) mass is 334 g/mol. The normalized spacial score (nSPS) is 39.4. The second-order valence-corrected chi connectivity index (χ2v) is 6.66. The number of nitrogens with zero attached hydrogens (tertiary/aromatic N) is 2. The summed E-state index contributed by atoms with van der Waals surface area (Å²) in [7, 11) is 2.88. The average molecular weight is 334 g/mol. The minimum atomic E-state index is -2.25. The van der Waals surface area contributed by atoms with E-state index < -0.39 is 17.2 Å². The number of carbonyl (C=O) groups excluding carboxylic acids is 1. The molecule has 2 N–H and O–H groups in total. The molecule has 4 rings (SSSR count). The van der Waals surface area contributed by atoms with Gasteiger partial charge in [-0.1, -0.05) is 37.1 Å². The third-order valence-corrected chi connectivity index (χ3v) is 5.68. The lowest BCUT2D eigenvalue weighted by atomic mass is 9.81. The van der Waals surface area contributed by atoms with Crippen LogP contribution < -0.4 is 0 Å². The Morgan fingerprint density at radius 2 is 1.54 bits per heavy atom. The molecule has 1 heterocycles. The Bertz CT molecular complexity index is 683. The van der Waals surface area contributed by atoms with Crippen LogP contribution in [-0.4, -0.2) is 58.2 Å². The average Bonchev–Trinajstić information content (AvgIpc) is 2.79. The maximum Gasteiger partial charge on any atom is 0.255 e. The van der Waals surface area contributed by atoms with Gasteiger partial charge in [0.05, 0.1) is 26.3 Å². The summed E-state index contributed by atoms with van der Waals surface area (Å²) in [6, 6.07) is 6.27. The molecule has 7 heteroatoms. The Morgan fingerprint density at radius 1 is 1.00 bits per heavy atom. The summed E-state index contributed by atoms with van der Waals surface area (Å²) in [5.74, 6) is -0.575. The maximum atomic E-state index is 13.0. The third kappa shape index (κ3) is 1.64. The lowest BCUT2D eigenvalue weighted by molar-refractivity contribution is -0.455. The highest BCUT2D eigenvalue weighted by molar-refractivity contribution is 6.08. The van der Waals surface area contributed by atoms with Crippen LogP contribution in [0.4, 0.5) is 0 Å². The molecule has 0 bridgehead atoms. The number of hydroxylamine groups is 4. The van der Waals surface area contributed by atoms with Crippen LogP contribution in [0, 0.1) is 0 Å². The summed E-state index contributed by atoms with van der Waals surface area (Å²) in [5.41, 5.74) is -3.65. The lowest BCUT2D eigenvalue weighted by Gasteiger charge is -2.59. The van der Waals surface area contributed by atoms with E-state index in [0.29, 0.717) is 5.56 Å². The first-order valence-corrected chi connectivity index (χ1v) is 8.27. The number of piperazine rings is 1. The molecule has 1 aliphatic heterocycles. The van der Waals surface area contributed by atoms with Gasteiger partial charge in [0.25, 0.3) is 5.72 Å². The van der Waals surface area contributed by atoms with Crippen LogP contribution in [0.15, 0.2) is 24.3 Å². The molecule has 0 spiro atoms. The van der Waals surface area contributed by atoms with Crippen molar-refractivity contribution < 1.29 is 24.7 Å². The molecule has 4 atom stereocenters. The van der Waals surface area contributed by atoms with E-state index in [1.54, 1.807) is 24.3 Å². The third-order valence-electron chi connectivity index (χ3n) is 5.68. The first kappa shape index (κ1) is 16.1. The Morgan fingerprint density at radius 3 is 2.12 bits per heavy atom. The summed E-state index contributed by atoms with van der Waals surface area (Å²) in [4.78, 5) is 24.0. The molecular weight excluding hydrogens is 312 g/mol. The SMILES string of the molecule is CON1[C@@H]2CCCC[C@@H]2N(OC)[C@]2(O)c3ccccc3C(=O)[C@@]12O. The summed E-state index contributed by atoms with van der Waals surface area (Å²) in [6.07, 6.45) is 3.49. The summed E-state index contributed by atoms with van der Waals surface area (Å²) < 4.78 is 0. The summed E-state index contributed by atoms with van der Waals surface area (Å²) in [5, 5.41) is 25.7. The van der Waals surface area contributed by atoms with E-state index in [0.717, 1.165) is 25.7 Å². The Labute approximate surface area is 140 Å². The number of aliphatic hydroxyl groups is 2. The Hall–Kier alpha value is -1.35. The quantitative estimate of drug-likeness (QED) is 0.826. The minimum absolute atomic E-state index is 0.187. The predicted octanol–water partition coefficient (Wildman–Crippen LogP) is 0.768. The second kappa shape index (κ2) is 5.32. The van der Waals surface area contributed by atoms with Crippen molar-refractivity contribution in [3.05, 3.63) is 35.4 Å². The van der Waals surface area contributed by atoms with Crippen molar-refractivity contribution in [3.63, 3.8) is 0 Å². The zero-order valence-corrected chi connectivity index (χ0v) is 13.8. The van der Waals surface area contributed by atoms with Gasteiger partial charge in [0.2, 0.25) is 11.5 Å². The molecule has 1 saturated heterocycles. The number of carbonyl (C=O) groups is 1. The highest BCUT2D eigenvalue weighted by Crippen LogP contribution is 2.54. The first-order valence-electron chi connectivity index (χ1n) is 8.27. The van der Waals surface area contributed by atoms with Gasteiger partial charge < -0.3 is 10.2 Å². The van der Waals surface area contributed by atoms with E-state index in [-0.39, 0.29) is 17.6 Å². The van der Waals surface area contributed by atoms with Crippen LogP contribution in [0.2, 0.25) is 0 Å².